The van der Waals surface area contributed by atoms with Crippen LogP contribution in [0.25, 0.3) is 11.1 Å². The van der Waals surface area contributed by atoms with Gasteiger partial charge in [-0.1, -0.05) is 30.5 Å². The number of anilines is 2. The van der Waals surface area contributed by atoms with Crippen molar-refractivity contribution in [2.45, 2.75) is 71.1 Å². The van der Waals surface area contributed by atoms with Crippen molar-refractivity contribution >= 4 is 101 Å². The minimum atomic E-state index is -1.21. The van der Waals surface area contributed by atoms with Crippen LogP contribution in [0, 0.1) is 0 Å². The van der Waals surface area contributed by atoms with Crippen LogP contribution in [0.3, 0.4) is 0 Å². The van der Waals surface area contributed by atoms with Crippen LogP contribution in [0.5, 0.6) is 0 Å². The molecule has 0 radical (unpaired) electrons. The third kappa shape index (κ3) is 25.6. The van der Waals surface area contributed by atoms with Crippen molar-refractivity contribution in [2.24, 2.45) is 0 Å². The van der Waals surface area contributed by atoms with E-state index in [9.17, 15) is 28.5 Å². The van der Waals surface area contributed by atoms with Gasteiger partial charge in [0.25, 0.3) is 0 Å². The van der Waals surface area contributed by atoms with E-state index in [1.54, 1.807) is 32.4 Å². The summed E-state index contributed by atoms with van der Waals surface area (Å²) in [7, 11) is 3.30. The Morgan fingerprint density at radius 3 is 1.59 bits per heavy atom. The van der Waals surface area contributed by atoms with Crippen LogP contribution in [-0.4, -0.2) is 103 Å². The maximum absolute atomic E-state index is 12.6. The van der Waals surface area contributed by atoms with E-state index >= 15 is 0 Å². The number of ether oxygens (including phenoxy) is 5. The summed E-state index contributed by atoms with van der Waals surface area (Å²) < 4.78 is 38.1. The van der Waals surface area contributed by atoms with Crippen molar-refractivity contribution in [1.82, 2.24) is 16.2 Å². The Morgan fingerprint density at radius 2 is 1.14 bits per heavy atom. The molecular weight excluding hydrogens is 1150 g/mol. The van der Waals surface area contributed by atoms with E-state index < -0.39 is 12.0 Å². The van der Waals surface area contributed by atoms with Gasteiger partial charge in [0.2, 0.25) is 23.6 Å². The standard InChI is InChI=1S/C30H39FN4O7.C9H19NO3.3HI.V/c1-3-6-28(37)33-20-9-11-22-23-12-10-21(18-25(23)26(24(22)17-20)19-42-30(39)35-31)34-29(38)8-4-7-27(36)32-13-16-41-15-5-14-40-2;1-3-9(11)10-5-8-13-7-4-6-12-2;;;;/h9-12,17-18,26H,3-8,13-16,19H2,1-2H3,(H,32,36)(H,33,37)(H,34,38)(H,35,39);3-8H2,1-2H3,(H,10,11);3*1H;/q;;;;;+3/p-3. The van der Waals surface area contributed by atoms with Gasteiger partial charge in [-0.3, -0.25) is 19.2 Å². The minimum absolute atomic E-state index is 0.0699. The zero-order chi connectivity index (χ0) is 43.8. The number of fused-ring (bicyclic) bond motifs is 3. The number of hydrogen-bond acceptors (Lipinski definition) is 10. The molecule has 2 aromatic carbocycles. The van der Waals surface area contributed by atoms with E-state index in [4.69, 9.17) is 23.7 Å². The zero-order valence-electron chi connectivity index (χ0n) is 34.1. The molecule has 1 aliphatic rings. The number of nitrogens with one attached hydrogen (secondary N) is 5. The van der Waals surface area contributed by atoms with Gasteiger partial charge in [-0.15, -0.1) is 0 Å². The van der Waals surface area contributed by atoms with Gasteiger partial charge in [0.15, 0.2) is 0 Å². The number of amides is 5. The summed E-state index contributed by atoms with van der Waals surface area (Å²) >= 11 is 7.39. The fourth-order valence-corrected chi connectivity index (χ4v) is 5.52. The molecule has 0 fully saturated rings. The number of carbonyl (C=O) groups excluding carboxylic acids is 5. The van der Waals surface area contributed by atoms with Gasteiger partial charge in [-0.05, 0) is 72.2 Å². The second-order valence-electron chi connectivity index (χ2n) is 12.7. The van der Waals surface area contributed by atoms with Gasteiger partial charge in [0, 0.05) is 96.7 Å². The van der Waals surface area contributed by atoms with Crippen LogP contribution in [-0.2, 0) is 47.8 Å². The van der Waals surface area contributed by atoms with Crippen molar-refractivity contribution in [1.29, 1.82) is 0 Å². The van der Waals surface area contributed by atoms with Crippen LogP contribution in [0.2, 0.25) is 0 Å². The third-order valence-corrected chi connectivity index (χ3v) is 8.19. The first-order valence-electron chi connectivity index (χ1n) is 19.3. The monoisotopic (exact) mass is 1210 g/mol. The summed E-state index contributed by atoms with van der Waals surface area (Å²) in [4.78, 5) is 58.7. The molecule has 0 heterocycles. The van der Waals surface area contributed by atoms with Gasteiger partial charge < -0.3 is 45.0 Å². The van der Waals surface area contributed by atoms with Crippen LogP contribution < -0.4 is 26.8 Å². The van der Waals surface area contributed by atoms with Crippen LogP contribution in [0.1, 0.15) is 82.3 Å². The Balaban J connectivity index is 0.000000857. The van der Waals surface area contributed by atoms with E-state index in [0.717, 1.165) is 47.2 Å². The Labute approximate surface area is 384 Å². The van der Waals surface area contributed by atoms with Crippen LogP contribution >= 0.6 is 59.9 Å². The molecular formula is C39H58FI3N5O10V. The van der Waals surface area contributed by atoms with Crippen molar-refractivity contribution < 1.29 is 57.1 Å². The molecule has 15 nitrogen and oxygen atoms in total. The van der Waals surface area contributed by atoms with Gasteiger partial charge in [0.1, 0.15) is 6.61 Å². The Morgan fingerprint density at radius 1 is 0.661 bits per heavy atom. The summed E-state index contributed by atoms with van der Waals surface area (Å²) in [5.41, 5.74) is 5.46. The van der Waals surface area contributed by atoms with Crippen molar-refractivity contribution in [3.8, 4) is 11.1 Å². The predicted molar refractivity (Wildman–Crippen MR) is 248 cm³/mol. The molecule has 1 unspecified atom stereocenters. The summed E-state index contributed by atoms with van der Waals surface area (Å²) in [6.45, 7) is 8.20. The van der Waals surface area contributed by atoms with Crippen molar-refractivity contribution in [3.63, 3.8) is 0 Å². The summed E-state index contributed by atoms with van der Waals surface area (Å²) in [5.74, 6) is -0.877. The van der Waals surface area contributed by atoms with Gasteiger partial charge in [-0.25, -0.2) is 4.79 Å². The van der Waals surface area contributed by atoms with Gasteiger partial charge in [0.05, 0.1) is 13.2 Å². The molecule has 2 aromatic rings. The first-order chi connectivity index (χ1) is 28.4. The first-order valence-corrected chi connectivity index (χ1v) is 32.8. The van der Waals surface area contributed by atoms with Crippen LogP contribution in [0.4, 0.5) is 20.7 Å². The number of rotatable bonds is 25. The Kier molecular flexibility index (Phi) is 32.4. The molecule has 0 aromatic heterocycles. The SMILES string of the molecule is CCC(=O)NCCOCCCOC.CCCC(=O)Nc1ccc2c(c1)C(COC(=O)NF)c1cc(NC(=O)CCCC(=O)NCCOCCCOC)ccc1-2.[I][V]([I])[I]. The fourth-order valence-electron chi connectivity index (χ4n) is 5.52. The Bertz CT molecular complexity index is 1560. The van der Waals surface area contributed by atoms with E-state index in [2.05, 4.69) is 81.2 Å². The topological polar surface area (TPSA) is 192 Å². The molecule has 0 saturated heterocycles. The molecule has 0 saturated carbocycles. The van der Waals surface area contributed by atoms with Gasteiger partial charge in [-0.2, -0.15) is 5.54 Å². The molecule has 59 heavy (non-hydrogen) atoms. The molecule has 0 bridgehead atoms. The Hall–Kier alpha value is -1.87. The zero-order valence-corrected chi connectivity index (χ0v) is 42.0. The quantitative estimate of drug-likeness (QED) is 0.0375. The number of hydrogen-bond donors (Lipinski definition) is 5. The molecule has 332 valence electrons. The average molecular weight is 1210 g/mol. The van der Waals surface area contributed by atoms with E-state index in [-0.39, 0.29) is 48.0 Å². The second-order valence-corrected chi connectivity index (χ2v) is 48.1. The summed E-state index contributed by atoms with van der Waals surface area (Å²) in [6.07, 6.45) is 2.86. The number of methoxy groups -OCH3 is 2. The number of halogens is 4. The average Bonchev–Trinajstić information content (AvgIpc) is 3.50. The molecule has 3 rings (SSSR count). The van der Waals surface area contributed by atoms with Gasteiger partial charge >= 0.3 is 71.0 Å². The molecule has 5 N–H and O–H groups in total. The summed E-state index contributed by atoms with van der Waals surface area (Å²) in [6, 6.07) is 10.9. The van der Waals surface area contributed by atoms with E-state index in [1.165, 1.54) is 0 Å². The maximum atomic E-state index is 12.6. The first kappa shape index (κ1) is 55.2. The third-order valence-electron chi connectivity index (χ3n) is 8.19. The molecule has 1 aliphatic carbocycles. The predicted octanol–water partition coefficient (Wildman–Crippen LogP) is 7.65. The molecule has 1 atom stereocenters. The number of carbonyl (C=O) groups is 5. The summed E-state index contributed by atoms with van der Waals surface area (Å²) in [5, 5.41) is 11.2. The molecule has 20 heteroatoms. The van der Waals surface area contributed by atoms with Crippen LogP contribution in [0.15, 0.2) is 36.4 Å². The molecule has 0 spiro atoms. The van der Waals surface area contributed by atoms with Crippen molar-refractivity contribution in [3.05, 3.63) is 47.5 Å². The van der Waals surface area contributed by atoms with Crippen molar-refractivity contribution in [2.75, 3.05) is 84.2 Å². The van der Waals surface area contributed by atoms with E-state index in [1.807, 2.05) is 32.0 Å². The second kappa shape index (κ2) is 34.7. The van der Waals surface area contributed by atoms with E-state index in [0.29, 0.717) is 83.2 Å². The molecule has 0 aliphatic heterocycles. The fraction of sp³-hybridized carbons (Fsp3) is 0.564. The molecule has 5 amide bonds. The normalized spacial score (nSPS) is 12.1. The number of benzene rings is 2.